The zero-order chi connectivity index (χ0) is 18.8. The third-order valence-corrected chi connectivity index (χ3v) is 4.62. The maximum Gasteiger partial charge on any atom is 0.261 e. The van der Waals surface area contributed by atoms with Gasteiger partial charge in [-0.1, -0.05) is 5.16 Å². The van der Waals surface area contributed by atoms with Crippen LogP contribution in [0.2, 0.25) is 0 Å². The highest BCUT2D eigenvalue weighted by molar-refractivity contribution is 5.70. The van der Waals surface area contributed by atoms with Crippen molar-refractivity contribution in [2.45, 2.75) is 6.92 Å². The molecule has 0 bridgehead atoms. The standard InChI is InChI=1S/C19H20FN5O2/c1-13-22-19(27-23-13)15-4-3-7-21-18(15)25-10-8-24(9-11-25)14-5-6-17(26-2)16(20)12-14/h3-7,12H,8-11H2,1-2H3. The van der Waals surface area contributed by atoms with Gasteiger partial charge in [-0.2, -0.15) is 4.98 Å². The Labute approximate surface area is 156 Å². The molecular formula is C19H20FN5O2. The first-order valence-electron chi connectivity index (χ1n) is 8.75. The average Bonchev–Trinajstić information content (AvgIpc) is 3.14. The van der Waals surface area contributed by atoms with Gasteiger partial charge in [0.1, 0.15) is 5.82 Å². The van der Waals surface area contributed by atoms with E-state index < -0.39 is 0 Å². The molecule has 0 radical (unpaired) electrons. The molecule has 1 fully saturated rings. The van der Waals surface area contributed by atoms with E-state index in [0.29, 0.717) is 11.7 Å². The van der Waals surface area contributed by atoms with Crippen molar-refractivity contribution in [1.82, 2.24) is 15.1 Å². The van der Waals surface area contributed by atoms with Crippen LogP contribution in [0.25, 0.3) is 11.5 Å². The number of aryl methyl sites for hydroxylation is 1. The van der Waals surface area contributed by atoms with Crippen molar-refractivity contribution in [3.63, 3.8) is 0 Å². The summed E-state index contributed by atoms with van der Waals surface area (Å²) in [6.07, 6.45) is 1.76. The van der Waals surface area contributed by atoms with E-state index >= 15 is 0 Å². The van der Waals surface area contributed by atoms with Crippen LogP contribution >= 0.6 is 0 Å². The Morgan fingerprint density at radius 1 is 1.11 bits per heavy atom. The Morgan fingerprint density at radius 3 is 2.56 bits per heavy atom. The van der Waals surface area contributed by atoms with Crippen LogP contribution < -0.4 is 14.5 Å². The molecule has 0 N–H and O–H groups in total. The first-order chi connectivity index (χ1) is 13.2. The van der Waals surface area contributed by atoms with Gasteiger partial charge in [0.2, 0.25) is 0 Å². The number of ether oxygens (including phenoxy) is 1. The molecule has 1 aliphatic rings. The van der Waals surface area contributed by atoms with Gasteiger partial charge in [-0.25, -0.2) is 9.37 Å². The molecule has 3 heterocycles. The predicted octanol–water partition coefficient (Wildman–Crippen LogP) is 2.91. The highest BCUT2D eigenvalue weighted by atomic mass is 19.1. The number of anilines is 2. The van der Waals surface area contributed by atoms with E-state index in [0.717, 1.165) is 43.2 Å². The summed E-state index contributed by atoms with van der Waals surface area (Å²) < 4.78 is 24.3. The van der Waals surface area contributed by atoms with Crippen LogP contribution in [0.3, 0.4) is 0 Å². The number of piperazine rings is 1. The summed E-state index contributed by atoms with van der Waals surface area (Å²) >= 11 is 0. The average molecular weight is 369 g/mol. The summed E-state index contributed by atoms with van der Waals surface area (Å²) in [6, 6.07) is 8.84. The fourth-order valence-electron chi connectivity index (χ4n) is 3.25. The van der Waals surface area contributed by atoms with Gasteiger partial charge in [0.15, 0.2) is 17.4 Å². The van der Waals surface area contributed by atoms with Crippen molar-refractivity contribution in [2.24, 2.45) is 0 Å². The Hall–Kier alpha value is -3.16. The molecule has 140 valence electrons. The van der Waals surface area contributed by atoms with E-state index in [1.165, 1.54) is 13.2 Å². The minimum absolute atomic E-state index is 0.255. The van der Waals surface area contributed by atoms with Crippen LogP contribution in [0.5, 0.6) is 5.75 Å². The van der Waals surface area contributed by atoms with Crippen LogP contribution in [-0.2, 0) is 0 Å². The number of rotatable bonds is 4. The second kappa shape index (κ2) is 7.22. The second-order valence-electron chi connectivity index (χ2n) is 6.31. The number of aromatic nitrogens is 3. The number of nitrogens with zero attached hydrogens (tertiary/aromatic N) is 5. The number of halogens is 1. The van der Waals surface area contributed by atoms with Gasteiger partial charge in [-0.05, 0) is 31.2 Å². The van der Waals surface area contributed by atoms with E-state index in [-0.39, 0.29) is 11.6 Å². The maximum atomic E-state index is 14.0. The molecule has 3 aromatic rings. The van der Waals surface area contributed by atoms with Crippen molar-refractivity contribution in [2.75, 3.05) is 43.1 Å². The van der Waals surface area contributed by atoms with E-state index in [2.05, 4.69) is 24.9 Å². The molecule has 1 aliphatic heterocycles. The van der Waals surface area contributed by atoms with Crippen molar-refractivity contribution in [3.8, 4) is 17.2 Å². The van der Waals surface area contributed by atoms with Gasteiger partial charge >= 0.3 is 0 Å². The lowest BCUT2D eigenvalue weighted by atomic mass is 10.2. The molecule has 0 spiro atoms. The van der Waals surface area contributed by atoms with E-state index in [1.807, 2.05) is 18.2 Å². The second-order valence-corrected chi connectivity index (χ2v) is 6.31. The molecule has 0 aliphatic carbocycles. The van der Waals surface area contributed by atoms with Crippen LogP contribution in [0.4, 0.5) is 15.9 Å². The van der Waals surface area contributed by atoms with Gasteiger partial charge in [0.05, 0.1) is 12.7 Å². The van der Waals surface area contributed by atoms with Crippen LogP contribution in [0.15, 0.2) is 41.1 Å². The van der Waals surface area contributed by atoms with Gasteiger partial charge in [-0.15, -0.1) is 0 Å². The number of methoxy groups -OCH3 is 1. The first kappa shape index (κ1) is 17.3. The lowest BCUT2D eigenvalue weighted by molar-refractivity contribution is 0.386. The van der Waals surface area contributed by atoms with E-state index in [9.17, 15) is 4.39 Å². The first-order valence-corrected chi connectivity index (χ1v) is 8.75. The highest BCUT2D eigenvalue weighted by Crippen LogP contribution is 2.29. The molecule has 27 heavy (non-hydrogen) atoms. The molecule has 1 aromatic carbocycles. The molecule has 2 aromatic heterocycles. The zero-order valence-electron chi connectivity index (χ0n) is 15.2. The van der Waals surface area contributed by atoms with Crippen LogP contribution in [0.1, 0.15) is 5.82 Å². The molecule has 4 rings (SSSR count). The molecular weight excluding hydrogens is 349 g/mol. The molecule has 0 saturated carbocycles. The zero-order valence-corrected chi connectivity index (χ0v) is 15.2. The van der Waals surface area contributed by atoms with Crippen LogP contribution in [0, 0.1) is 12.7 Å². The van der Waals surface area contributed by atoms with E-state index in [4.69, 9.17) is 9.26 Å². The lowest BCUT2D eigenvalue weighted by Crippen LogP contribution is -2.47. The maximum absolute atomic E-state index is 14.0. The third kappa shape index (κ3) is 3.42. The largest absolute Gasteiger partial charge is 0.494 e. The molecule has 0 unspecified atom stereocenters. The Balaban J connectivity index is 1.51. The molecule has 1 saturated heterocycles. The Bertz CT molecular complexity index is 937. The van der Waals surface area contributed by atoms with Gasteiger partial charge in [0.25, 0.3) is 5.89 Å². The van der Waals surface area contributed by atoms with E-state index in [1.54, 1.807) is 19.2 Å². The Morgan fingerprint density at radius 2 is 1.89 bits per heavy atom. The van der Waals surface area contributed by atoms with Crippen molar-refractivity contribution in [1.29, 1.82) is 0 Å². The van der Waals surface area contributed by atoms with Crippen molar-refractivity contribution in [3.05, 3.63) is 48.2 Å². The number of benzene rings is 1. The van der Waals surface area contributed by atoms with Gasteiger partial charge in [-0.3, -0.25) is 0 Å². The molecule has 0 atom stereocenters. The van der Waals surface area contributed by atoms with Gasteiger partial charge < -0.3 is 19.1 Å². The summed E-state index contributed by atoms with van der Waals surface area (Å²) in [4.78, 5) is 13.2. The quantitative estimate of drug-likeness (QED) is 0.700. The fraction of sp³-hybridized carbons (Fsp3) is 0.316. The van der Waals surface area contributed by atoms with Crippen LogP contribution in [-0.4, -0.2) is 48.4 Å². The number of hydrogen-bond donors (Lipinski definition) is 0. The summed E-state index contributed by atoms with van der Waals surface area (Å²) in [7, 11) is 1.46. The van der Waals surface area contributed by atoms with Crippen molar-refractivity contribution < 1.29 is 13.7 Å². The molecule has 8 heteroatoms. The smallest absolute Gasteiger partial charge is 0.261 e. The minimum atomic E-state index is -0.351. The SMILES string of the molecule is COc1ccc(N2CCN(c3ncccc3-c3nc(C)no3)CC2)cc1F. The molecule has 7 nitrogen and oxygen atoms in total. The number of hydrogen-bond acceptors (Lipinski definition) is 7. The Kier molecular flexibility index (Phi) is 4.62. The monoisotopic (exact) mass is 369 g/mol. The topological polar surface area (TPSA) is 67.5 Å². The lowest BCUT2D eigenvalue weighted by Gasteiger charge is -2.37. The third-order valence-electron chi connectivity index (χ3n) is 4.62. The predicted molar refractivity (Wildman–Crippen MR) is 99.6 cm³/mol. The number of pyridine rings is 1. The fourth-order valence-corrected chi connectivity index (χ4v) is 3.25. The summed E-state index contributed by atoms with van der Waals surface area (Å²) in [5.74, 6) is 1.78. The molecule has 0 amide bonds. The summed E-state index contributed by atoms with van der Waals surface area (Å²) in [6.45, 7) is 4.81. The van der Waals surface area contributed by atoms with Gasteiger partial charge in [0, 0.05) is 44.1 Å². The summed E-state index contributed by atoms with van der Waals surface area (Å²) in [5.41, 5.74) is 1.67. The summed E-state index contributed by atoms with van der Waals surface area (Å²) in [5, 5.41) is 3.87. The normalized spacial score (nSPS) is 14.5. The highest BCUT2D eigenvalue weighted by Gasteiger charge is 2.23. The minimum Gasteiger partial charge on any atom is -0.494 e. The van der Waals surface area contributed by atoms with Crippen molar-refractivity contribution >= 4 is 11.5 Å².